The zero-order chi connectivity index (χ0) is 18.4. The first-order valence-electron chi connectivity index (χ1n) is 8.59. The summed E-state index contributed by atoms with van der Waals surface area (Å²) in [6.07, 6.45) is 1.68. The van der Waals surface area contributed by atoms with Crippen LogP contribution >= 0.6 is 0 Å². The molecule has 0 amide bonds. The first kappa shape index (κ1) is 21.9. The van der Waals surface area contributed by atoms with Gasteiger partial charge in [0.15, 0.2) is 0 Å². The summed E-state index contributed by atoms with van der Waals surface area (Å²) in [6, 6.07) is 6.62. The number of carbonyl (C=O) groups excluding carboxylic acids is 1. The predicted molar refractivity (Wildman–Crippen MR) is 102 cm³/mol. The fourth-order valence-electron chi connectivity index (χ4n) is 3.26. The summed E-state index contributed by atoms with van der Waals surface area (Å²) in [6.45, 7) is 6.36. The van der Waals surface area contributed by atoms with Crippen molar-refractivity contribution in [3.63, 3.8) is 0 Å². The standard InChI is InChI=1S/C20H26FNO3.CH4/c1-5-8-15-13(2)22-14(3)18(20(23)25-12-11-24-4)19(15)16-9-6-7-10-17(16)21;/h6-7,9-10,19,22H,5,8,11-12H2,1-4H3;1H4. The molecule has 1 aromatic carbocycles. The van der Waals surface area contributed by atoms with Crippen molar-refractivity contribution in [2.24, 2.45) is 0 Å². The Bertz CT molecular complexity index is 694. The predicted octanol–water partition coefficient (Wildman–Crippen LogP) is 4.69. The number of hydrogen-bond donors (Lipinski definition) is 1. The van der Waals surface area contributed by atoms with Crippen LogP contribution in [0.4, 0.5) is 4.39 Å². The highest BCUT2D eigenvalue weighted by molar-refractivity contribution is 5.92. The molecule has 144 valence electrons. The van der Waals surface area contributed by atoms with E-state index >= 15 is 0 Å². The normalized spacial score (nSPS) is 16.9. The third-order valence-electron chi connectivity index (χ3n) is 4.37. The summed E-state index contributed by atoms with van der Waals surface area (Å²) in [5.41, 5.74) is 3.67. The van der Waals surface area contributed by atoms with Crippen LogP contribution < -0.4 is 5.32 Å². The van der Waals surface area contributed by atoms with Crippen LogP contribution in [-0.4, -0.2) is 26.3 Å². The molecule has 1 aliphatic heterocycles. The van der Waals surface area contributed by atoms with Crippen molar-refractivity contribution in [2.45, 2.75) is 47.0 Å². The Balaban J connectivity index is 0.00000338. The van der Waals surface area contributed by atoms with E-state index in [2.05, 4.69) is 12.2 Å². The van der Waals surface area contributed by atoms with Crippen molar-refractivity contribution in [1.82, 2.24) is 5.32 Å². The maximum Gasteiger partial charge on any atom is 0.336 e. The number of hydrogen-bond acceptors (Lipinski definition) is 4. The molecule has 1 unspecified atom stereocenters. The van der Waals surface area contributed by atoms with Gasteiger partial charge in [-0.1, -0.05) is 39.0 Å². The minimum atomic E-state index is -0.434. The summed E-state index contributed by atoms with van der Waals surface area (Å²) in [5, 5.41) is 3.26. The van der Waals surface area contributed by atoms with Gasteiger partial charge in [-0.2, -0.15) is 0 Å². The highest BCUT2D eigenvalue weighted by Crippen LogP contribution is 2.41. The summed E-state index contributed by atoms with van der Waals surface area (Å²) >= 11 is 0. The van der Waals surface area contributed by atoms with E-state index in [0.29, 0.717) is 23.4 Å². The molecule has 0 bridgehead atoms. The van der Waals surface area contributed by atoms with Crippen LogP contribution in [0, 0.1) is 5.82 Å². The molecule has 1 heterocycles. The fraction of sp³-hybridized carbons (Fsp3) is 0.476. The zero-order valence-corrected chi connectivity index (χ0v) is 15.3. The molecule has 5 heteroatoms. The van der Waals surface area contributed by atoms with E-state index < -0.39 is 11.9 Å². The Morgan fingerprint density at radius 3 is 2.50 bits per heavy atom. The molecule has 1 N–H and O–H groups in total. The average Bonchev–Trinajstić information content (AvgIpc) is 2.57. The molecule has 4 nitrogen and oxygen atoms in total. The Kier molecular flexibility index (Phi) is 8.52. The molecular formula is C21H30FNO3. The first-order valence-corrected chi connectivity index (χ1v) is 8.59. The molecular weight excluding hydrogens is 333 g/mol. The molecule has 0 radical (unpaired) electrons. The maximum absolute atomic E-state index is 14.5. The van der Waals surface area contributed by atoms with E-state index in [1.807, 2.05) is 13.8 Å². The number of carbonyl (C=O) groups is 1. The van der Waals surface area contributed by atoms with Crippen molar-refractivity contribution in [2.75, 3.05) is 20.3 Å². The zero-order valence-electron chi connectivity index (χ0n) is 15.3. The van der Waals surface area contributed by atoms with Crippen molar-refractivity contribution >= 4 is 5.97 Å². The SMILES string of the molecule is C.CCCC1=C(C)NC(C)=C(C(=O)OCCOC)C1c1ccccc1F. The number of rotatable bonds is 7. The lowest BCUT2D eigenvalue weighted by molar-refractivity contribution is -0.140. The molecule has 26 heavy (non-hydrogen) atoms. The summed E-state index contributed by atoms with van der Waals surface area (Å²) in [5.74, 6) is -1.18. The van der Waals surface area contributed by atoms with Crippen molar-refractivity contribution in [3.8, 4) is 0 Å². The van der Waals surface area contributed by atoms with Crippen LogP contribution in [0.2, 0.25) is 0 Å². The lowest BCUT2D eigenvalue weighted by atomic mass is 9.78. The molecule has 0 aliphatic carbocycles. The van der Waals surface area contributed by atoms with Gasteiger partial charge in [-0.05, 0) is 37.5 Å². The van der Waals surface area contributed by atoms with E-state index in [-0.39, 0.29) is 19.9 Å². The minimum absolute atomic E-state index is 0. The van der Waals surface area contributed by atoms with Crippen LogP contribution in [0.3, 0.4) is 0 Å². The van der Waals surface area contributed by atoms with E-state index in [1.165, 1.54) is 6.07 Å². The summed E-state index contributed by atoms with van der Waals surface area (Å²) in [4.78, 5) is 12.7. The molecule has 1 aliphatic rings. The molecule has 0 aromatic heterocycles. The summed E-state index contributed by atoms with van der Waals surface area (Å²) in [7, 11) is 1.55. The van der Waals surface area contributed by atoms with Crippen LogP contribution in [-0.2, 0) is 14.3 Å². The highest BCUT2D eigenvalue weighted by Gasteiger charge is 2.34. The second-order valence-corrected chi connectivity index (χ2v) is 6.15. The first-order chi connectivity index (χ1) is 12.0. The van der Waals surface area contributed by atoms with Gasteiger partial charge in [-0.3, -0.25) is 0 Å². The molecule has 0 fully saturated rings. The second kappa shape index (κ2) is 10.1. The van der Waals surface area contributed by atoms with Crippen molar-refractivity contribution in [3.05, 3.63) is 58.2 Å². The number of allylic oxidation sites excluding steroid dienone is 3. The Morgan fingerprint density at radius 2 is 1.88 bits per heavy atom. The smallest absolute Gasteiger partial charge is 0.336 e. The number of esters is 1. The lowest BCUT2D eigenvalue weighted by Crippen LogP contribution is -2.30. The minimum Gasteiger partial charge on any atom is -0.460 e. The molecule has 1 aromatic rings. The number of nitrogens with one attached hydrogen (secondary N) is 1. The Hall–Kier alpha value is -2.14. The number of dihydropyridines is 1. The van der Waals surface area contributed by atoms with E-state index in [9.17, 15) is 9.18 Å². The number of benzene rings is 1. The number of ether oxygens (including phenoxy) is 2. The van der Waals surface area contributed by atoms with Crippen molar-refractivity contribution < 1.29 is 18.7 Å². The van der Waals surface area contributed by atoms with Gasteiger partial charge in [0.2, 0.25) is 0 Å². The van der Waals surface area contributed by atoms with E-state index in [1.54, 1.807) is 25.3 Å². The summed E-state index contributed by atoms with van der Waals surface area (Å²) < 4.78 is 24.8. The van der Waals surface area contributed by atoms with Crippen LogP contribution in [0.25, 0.3) is 0 Å². The van der Waals surface area contributed by atoms with Crippen LogP contribution in [0.1, 0.15) is 52.5 Å². The number of methoxy groups -OCH3 is 1. The third-order valence-corrected chi connectivity index (χ3v) is 4.37. The van der Waals surface area contributed by atoms with Crippen molar-refractivity contribution in [1.29, 1.82) is 0 Å². The van der Waals surface area contributed by atoms with Gasteiger partial charge in [-0.15, -0.1) is 0 Å². The highest BCUT2D eigenvalue weighted by atomic mass is 19.1. The van der Waals surface area contributed by atoms with Gasteiger partial charge in [-0.25, -0.2) is 9.18 Å². The maximum atomic E-state index is 14.5. The Labute approximate surface area is 156 Å². The van der Waals surface area contributed by atoms with Gasteiger partial charge < -0.3 is 14.8 Å². The van der Waals surface area contributed by atoms with Crippen LogP contribution in [0.5, 0.6) is 0 Å². The molecule has 1 atom stereocenters. The topological polar surface area (TPSA) is 47.6 Å². The molecule has 2 rings (SSSR count). The van der Waals surface area contributed by atoms with Gasteiger partial charge in [0.05, 0.1) is 12.2 Å². The lowest BCUT2D eigenvalue weighted by Gasteiger charge is -2.32. The monoisotopic (exact) mass is 363 g/mol. The molecule has 0 spiro atoms. The third kappa shape index (κ3) is 4.73. The van der Waals surface area contributed by atoms with Crippen LogP contribution in [0.15, 0.2) is 46.8 Å². The van der Waals surface area contributed by atoms with Gasteiger partial charge in [0.25, 0.3) is 0 Å². The quantitative estimate of drug-likeness (QED) is 0.564. The Morgan fingerprint density at radius 1 is 1.19 bits per heavy atom. The largest absolute Gasteiger partial charge is 0.460 e. The van der Waals surface area contributed by atoms with E-state index in [4.69, 9.17) is 9.47 Å². The van der Waals surface area contributed by atoms with E-state index in [0.717, 1.165) is 24.1 Å². The van der Waals surface area contributed by atoms with Gasteiger partial charge in [0.1, 0.15) is 12.4 Å². The molecule has 0 saturated carbocycles. The second-order valence-electron chi connectivity index (χ2n) is 6.15. The average molecular weight is 363 g/mol. The molecule has 0 saturated heterocycles. The van der Waals surface area contributed by atoms with Gasteiger partial charge >= 0.3 is 5.97 Å². The van der Waals surface area contributed by atoms with Gasteiger partial charge in [0, 0.05) is 24.4 Å². The fourth-order valence-corrected chi connectivity index (χ4v) is 3.26. The number of halogens is 1.